The van der Waals surface area contributed by atoms with E-state index >= 15 is 0 Å². The van der Waals surface area contributed by atoms with Crippen molar-refractivity contribution in [2.45, 2.75) is 6.92 Å². The van der Waals surface area contributed by atoms with Crippen LogP contribution in [0.5, 0.6) is 0 Å². The van der Waals surface area contributed by atoms with Crippen LogP contribution in [0, 0.1) is 10.1 Å². The minimum absolute atomic E-state index is 0.0542. The number of nitrogens with one attached hydrogen (secondary N) is 2. The highest BCUT2D eigenvalue weighted by Crippen LogP contribution is 2.32. The fourth-order valence-electron chi connectivity index (χ4n) is 3.74. The maximum absolute atomic E-state index is 12.8. The van der Waals surface area contributed by atoms with E-state index < -0.39 is 10.8 Å². The molecule has 2 heterocycles. The molecule has 1 aromatic heterocycles. The molecular formula is C21H23N7O3. The second-order valence-corrected chi connectivity index (χ2v) is 7.18. The molecule has 4 rings (SSSR count). The number of rotatable bonds is 6. The Labute approximate surface area is 179 Å². The number of hydrogen-bond acceptors (Lipinski definition) is 8. The Hall–Kier alpha value is -3.79. The lowest BCUT2D eigenvalue weighted by Crippen LogP contribution is -2.46. The smallest absolute Gasteiger partial charge is 0.348 e. The van der Waals surface area contributed by atoms with E-state index in [1.807, 2.05) is 35.2 Å². The summed E-state index contributed by atoms with van der Waals surface area (Å²) >= 11 is 0. The van der Waals surface area contributed by atoms with E-state index in [0.29, 0.717) is 18.7 Å². The van der Waals surface area contributed by atoms with E-state index in [2.05, 4.69) is 32.6 Å². The zero-order chi connectivity index (χ0) is 21.8. The number of anilines is 2. The average molecular weight is 421 g/mol. The van der Waals surface area contributed by atoms with Crippen LogP contribution in [0.4, 0.5) is 17.3 Å². The van der Waals surface area contributed by atoms with Gasteiger partial charge in [-0.25, -0.2) is 9.97 Å². The highest BCUT2D eigenvalue weighted by atomic mass is 16.6. The van der Waals surface area contributed by atoms with Crippen LogP contribution in [-0.2, 0) is 0 Å². The number of hydrazine groups is 1. The summed E-state index contributed by atoms with van der Waals surface area (Å²) < 4.78 is 0. The lowest BCUT2D eigenvalue weighted by Gasteiger charge is -2.34. The van der Waals surface area contributed by atoms with Crippen LogP contribution in [0.15, 0.2) is 48.8 Å². The molecule has 3 aromatic rings. The Kier molecular flexibility index (Phi) is 5.89. The molecule has 1 saturated heterocycles. The van der Waals surface area contributed by atoms with Crippen LogP contribution in [0.2, 0.25) is 0 Å². The van der Waals surface area contributed by atoms with E-state index in [4.69, 9.17) is 0 Å². The van der Waals surface area contributed by atoms with Crippen molar-refractivity contribution in [2.24, 2.45) is 0 Å². The predicted octanol–water partition coefficient (Wildman–Crippen LogP) is 2.44. The number of nitro groups is 1. The Morgan fingerprint density at radius 1 is 1.10 bits per heavy atom. The van der Waals surface area contributed by atoms with Gasteiger partial charge in [0.05, 0.1) is 4.92 Å². The molecule has 1 aliphatic rings. The molecule has 1 fully saturated rings. The van der Waals surface area contributed by atoms with Crippen LogP contribution in [0.25, 0.3) is 10.8 Å². The quantitative estimate of drug-likeness (QED) is 0.460. The van der Waals surface area contributed by atoms with Gasteiger partial charge in [0, 0.05) is 31.7 Å². The zero-order valence-electron chi connectivity index (χ0n) is 17.1. The normalized spacial score (nSPS) is 14.4. The fourth-order valence-corrected chi connectivity index (χ4v) is 3.74. The van der Waals surface area contributed by atoms with Crippen LogP contribution < -0.4 is 15.8 Å². The second-order valence-electron chi connectivity index (χ2n) is 7.18. The first kappa shape index (κ1) is 20.5. The monoisotopic (exact) mass is 421 g/mol. The van der Waals surface area contributed by atoms with Gasteiger partial charge in [-0.15, -0.1) is 0 Å². The van der Waals surface area contributed by atoms with Crippen molar-refractivity contribution in [3.8, 4) is 0 Å². The molecule has 160 valence electrons. The van der Waals surface area contributed by atoms with Crippen molar-refractivity contribution in [3.05, 3.63) is 64.5 Å². The summed E-state index contributed by atoms with van der Waals surface area (Å²) in [5.74, 6) is -0.220. The van der Waals surface area contributed by atoms with Gasteiger partial charge in [-0.2, -0.15) is 0 Å². The van der Waals surface area contributed by atoms with Crippen LogP contribution >= 0.6 is 0 Å². The second kappa shape index (κ2) is 8.92. The lowest BCUT2D eigenvalue weighted by atomic mass is 10.0. The Balaban J connectivity index is 1.56. The fraction of sp³-hybridized carbons (Fsp3) is 0.286. The van der Waals surface area contributed by atoms with Crippen molar-refractivity contribution < 1.29 is 9.72 Å². The van der Waals surface area contributed by atoms with E-state index in [0.717, 1.165) is 30.4 Å². The number of carbonyl (C=O) groups excluding carboxylic acids is 1. The van der Waals surface area contributed by atoms with Gasteiger partial charge < -0.3 is 9.80 Å². The standard InChI is InChI=1S/C21H23N7O3/c1-2-26-10-12-27(13-11-26)20-18(28(30)31)19(22-14-23-20)24-25-21(29)17-9-5-7-15-6-3-4-8-16(15)17/h3-9,14H,2,10-13H2,1H3,(H,25,29)(H,22,23,24). The SMILES string of the molecule is CCN1CCN(c2ncnc(NNC(=O)c3cccc4ccccc34)c2[N+](=O)[O-])CC1. The first-order valence-corrected chi connectivity index (χ1v) is 10.1. The van der Waals surface area contributed by atoms with Crippen LogP contribution in [0.3, 0.4) is 0 Å². The molecule has 0 bridgehead atoms. The Morgan fingerprint density at radius 3 is 2.58 bits per heavy atom. The summed E-state index contributed by atoms with van der Waals surface area (Å²) in [5.41, 5.74) is 5.36. The molecule has 2 aromatic carbocycles. The molecule has 0 radical (unpaired) electrons. The summed E-state index contributed by atoms with van der Waals surface area (Å²) in [5, 5.41) is 13.5. The predicted molar refractivity (Wildman–Crippen MR) is 118 cm³/mol. The Morgan fingerprint density at radius 2 is 1.84 bits per heavy atom. The topological polar surface area (TPSA) is 117 Å². The number of hydrogen-bond donors (Lipinski definition) is 2. The number of likely N-dealkylation sites (N-methyl/N-ethyl adjacent to an activating group) is 1. The van der Waals surface area contributed by atoms with E-state index in [-0.39, 0.29) is 17.3 Å². The third-order valence-electron chi connectivity index (χ3n) is 5.43. The minimum Gasteiger partial charge on any atom is -0.348 e. The van der Waals surface area contributed by atoms with Gasteiger partial charge in [-0.05, 0) is 23.4 Å². The molecule has 0 unspecified atom stereocenters. The molecule has 10 nitrogen and oxygen atoms in total. The molecule has 1 amide bonds. The van der Waals surface area contributed by atoms with Gasteiger partial charge in [0.15, 0.2) is 0 Å². The number of piperazine rings is 1. The zero-order valence-corrected chi connectivity index (χ0v) is 17.1. The molecular weight excluding hydrogens is 398 g/mol. The third-order valence-corrected chi connectivity index (χ3v) is 5.43. The van der Waals surface area contributed by atoms with Crippen molar-refractivity contribution >= 4 is 34.0 Å². The highest BCUT2D eigenvalue weighted by molar-refractivity contribution is 6.07. The third kappa shape index (κ3) is 4.24. The van der Waals surface area contributed by atoms with Crippen molar-refractivity contribution in [3.63, 3.8) is 0 Å². The van der Waals surface area contributed by atoms with Gasteiger partial charge in [-0.3, -0.25) is 25.8 Å². The first-order valence-electron chi connectivity index (χ1n) is 10.1. The van der Waals surface area contributed by atoms with Gasteiger partial charge >= 0.3 is 5.69 Å². The summed E-state index contributed by atoms with van der Waals surface area (Å²) in [7, 11) is 0. The van der Waals surface area contributed by atoms with Crippen LogP contribution in [0.1, 0.15) is 17.3 Å². The lowest BCUT2D eigenvalue weighted by molar-refractivity contribution is -0.383. The molecule has 1 aliphatic heterocycles. The summed E-state index contributed by atoms with van der Waals surface area (Å²) in [6.07, 6.45) is 1.26. The van der Waals surface area contributed by atoms with E-state index in [1.165, 1.54) is 6.33 Å². The largest absolute Gasteiger partial charge is 0.355 e. The van der Waals surface area contributed by atoms with Gasteiger partial charge in [0.2, 0.25) is 11.6 Å². The van der Waals surface area contributed by atoms with Gasteiger partial charge in [0.1, 0.15) is 6.33 Å². The van der Waals surface area contributed by atoms with Gasteiger partial charge in [0.25, 0.3) is 5.91 Å². The summed E-state index contributed by atoms with van der Waals surface area (Å²) in [4.78, 5) is 36.4. The number of fused-ring (bicyclic) bond motifs is 1. The average Bonchev–Trinajstić information content (AvgIpc) is 2.81. The molecule has 2 N–H and O–H groups in total. The van der Waals surface area contributed by atoms with Gasteiger partial charge in [-0.1, -0.05) is 43.3 Å². The van der Waals surface area contributed by atoms with Crippen molar-refractivity contribution in [1.29, 1.82) is 0 Å². The summed E-state index contributed by atoms with van der Waals surface area (Å²) in [6, 6.07) is 12.9. The van der Waals surface area contributed by atoms with E-state index in [9.17, 15) is 14.9 Å². The van der Waals surface area contributed by atoms with Crippen LogP contribution in [-0.4, -0.2) is 58.4 Å². The molecule has 0 aliphatic carbocycles. The molecule has 0 spiro atoms. The minimum atomic E-state index is -0.520. The number of amides is 1. The first-order chi connectivity index (χ1) is 15.1. The Bertz CT molecular complexity index is 1110. The molecule has 0 saturated carbocycles. The van der Waals surface area contributed by atoms with E-state index in [1.54, 1.807) is 12.1 Å². The molecule has 0 atom stereocenters. The van der Waals surface area contributed by atoms with Crippen molar-refractivity contribution in [1.82, 2.24) is 20.3 Å². The number of nitrogens with zero attached hydrogens (tertiary/aromatic N) is 5. The molecule has 31 heavy (non-hydrogen) atoms. The summed E-state index contributed by atoms with van der Waals surface area (Å²) in [6.45, 7) is 5.90. The number of aromatic nitrogens is 2. The number of carbonyl (C=O) groups is 1. The van der Waals surface area contributed by atoms with Crippen molar-refractivity contribution in [2.75, 3.05) is 43.0 Å². The maximum Gasteiger partial charge on any atom is 0.355 e. The molecule has 10 heteroatoms. The highest BCUT2D eigenvalue weighted by Gasteiger charge is 2.29. The number of benzene rings is 2. The maximum atomic E-state index is 12.8.